The van der Waals surface area contributed by atoms with Crippen molar-refractivity contribution in [2.75, 3.05) is 19.6 Å². The molecule has 6 heteroatoms. The summed E-state index contributed by atoms with van der Waals surface area (Å²) in [5.74, 6) is 0.521. The molecule has 0 radical (unpaired) electrons. The van der Waals surface area contributed by atoms with Gasteiger partial charge in [-0.1, -0.05) is 12.1 Å². The van der Waals surface area contributed by atoms with Gasteiger partial charge in [0.15, 0.2) is 0 Å². The molecule has 0 aromatic heterocycles. The molecule has 21 heavy (non-hydrogen) atoms. The van der Waals surface area contributed by atoms with Crippen molar-refractivity contribution >= 4 is 5.91 Å². The largest absolute Gasteiger partial charge is 0.416 e. The van der Waals surface area contributed by atoms with Crippen molar-refractivity contribution in [2.45, 2.75) is 25.1 Å². The first-order valence-electron chi connectivity index (χ1n) is 7.11. The van der Waals surface area contributed by atoms with Crippen LogP contribution in [0, 0.1) is 5.92 Å². The second-order valence-corrected chi connectivity index (χ2v) is 5.78. The Bertz CT molecular complexity index is 515. The van der Waals surface area contributed by atoms with Crippen molar-refractivity contribution in [3.05, 3.63) is 35.4 Å². The number of halogens is 3. The van der Waals surface area contributed by atoms with E-state index in [9.17, 15) is 18.0 Å². The van der Waals surface area contributed by atoms with Gasteiger partial charge in [-0.15, -0.1) is 0 Å². The molecule has 2 saturated heterocycles. The van der Waals surface area contributed by atoms with Gasteiger partial charge in [0.25, 0.3) is 0 Å². The van der Waals surface area contributed by atoms with E-state index in [1.807, 2.05) is 4.90 Å². The number of hydrogen-bond donors (Lipinski definition) is 1. The van der Waals surface area contributed by atoms with E-state index in [2.05, 4.69) is 5.32 Å². The van der Waals surface area contributed by atoms with Crippen molar-refractivity contribution < 1.29 is 18.0 Å². The van der Waals surface area contributed by atoms with E-state index in [0.717, 1.165) is 31.6 Å². The summed E-state index contributed by atoms with van der Waals surface area (Å²) >= 11 is 0. The lowest BCUT2D eigenvalue weighted by molar-refractivity contribution is -0.137. The Morgan fingerprint density at radius 2 is 1.95 bits per heavy atom. The molecular formula is C15H17F3N2O. The summed E-state index contributed by atoms with van der Waals surface area (Å²) in [5.41, 5.74) is -0.0587. The Balaban J connectivity index is 1.60. The van der Waals surface area contributed by atoms with Crippen LogP contribution < -0.4 is 5.32 Å². The Morgan fingerprint density at radius 3 is 2.57 bits per heavy atom. The molecule has 0 bridgehead atoms. The predicted octanol–water partition coefficient (Wildman–Crippen LogP) is 2.07. The fraction of sp³-hybridized carbons (Fsp3) is 0.533. The average Bonchev–Trinajstić information content (AvgIpc) is 2.98. The molecule has 3 nitrogen and oxygen atoms in total. The van der Waals surface area contributed by atoms with Crippen LogP contribution in [0.4, 0.5) is 13.2 Å². The van der Waals surface area contributed by atoms with Gasteiger partial charge < -0.3 is 10.2 Å². The number of nitrogens with zero attached hydrogens (tertiary/aromatic N) is 1. The molecule has 2 heterocycles. The van der Waals surface area contributed by atoms with Crippen molar-refractivity contribution in [1.82, 2.24) is 10.2 Å². The van der Waals surface area contributed by atoms with Crippen LogP contribution in [-0.4, -0.2) is 36.5 Å². The molecule has 0 aliphatic carbocycles. The standard InChI is InChI=1S/C15H17F3N2O/c16-15(17,18)12-3-1-10(2-4-12)7-14(21)20-8-11-5-6-19-13(11)9-20/h1-4,11,13,19H,5-9H2/t11-,13+/m0/s1. The first-order chi connectivity index (χ1) is 9.93. The summed E-state index contributed by atoms with van der Waals surface area (Å²) in [6, 6.07) is 5.22. The van der Waals surface area contributed by atoms with Gasteiger partial charge in [0.2, 0.25) is 5.91 Å². The van der Waals surface area contributed by atoms with E-state index >= 15 is 0 Å². The van der Waals surface area contributed by atoms with Crippen LogP contribution in [0.5, 0.6) is 0 Å². The maximum Gasteiger partial charge on any atom is 0.416 e. The van der Waals surface area contributed by atoms with Gasteiger partial charge in [0.1, 0.15) is 0 Å². The molecular weight excluding hydrogens is 281 g/mol. The van der Waals surface area contributed by atoms with Crippen LogP contribution >= 0.6 is 0 Å². The van der Waals surface area contributed by atoms with Gasteiger partial charge in [-0.25, -0.2) is 0 Å². The minimum Gasteiger partial charge on any atom is -0.340 e. The van der Waals surface area contributed by atoms with Crippen molar-refractivity contribution in [3.8, 4) is 0 Å². The van der Waals surface area contributed by atoms with Gasteiger partial charge in [-0.3, -0.25) is 4.79 Å². The highest BCUT2D eigenvalue weighted by molar-refractivity contribution is 5.79. The minimum absolute atomic E-state index is 0.00837. The molecule has 1 aromatic rings. The fourth-order valence-corrected chi connectivity index (χ4v) is 3.15. The molecule has 1 aromatic carbocycles. The van der Waals surface area contributed by atoms with Crippen molar-refractivity contribution in [1.29, 1.82) is 0 Å². The zero-order valence-corrected chi connectivity index (χ0v) is 11.5. The van der Waals surface area contributed by atoms with Crippen molar-refractivity contribution in [3.63, 3.8) is 0 Å². The summed E-state index contributed by atoms with van der Waals surface area (Å²) in [7, 11) is 0. The van der Waals surface area contributed by atoms with Gasteiger partial charge in [-0.05, 0) is 36.6 Å². The SMILES string of the molecule is O=C(Cc1ccc(C(F)(F)F)cc1)N1C[C@@H]2CCN[C@@H]2C1. The highest BCUT2D eigenvalue weighted by Gasteiger charge is 2.37. The van der Waals surface area contributed by atoms with E-state index in [4.69, 9.17) is 0 Å². The third-order valence-corrected chi connectivity index (χ3v) is 4.35. The third-order valence-electron chi connectivity index (χ3n) is 4.35. The van der Waals surface area contributed by atoms with Gasteiger partial charge >= 0.3 is 6.18 Å². The van der Waals surface area contributed by atoms with Crippen LogP contribution in [0.15, 0.2) is 24.3 Å². The minimum atomic E-state index is -4.33. The van der Waals surface area contributed by atoms with E-state index in [1.165, 1.54) is 12.1 Å². The summed E-state index contributed by atoms with van der Waals surface area (Å²) in [6.45, 7) is 2.48. The number of rotatable bonds is 2. The Morgan fingerprint density at radius 1 is 1.24 bits per heavy atom. The monoisotopic (exact) mass is 298 g/mol. The molecule has 0 saturated carbocycles. The van der Waals surface area contributed by atoms with Crippen LogP contribution in [0.25, 0.3) is 0 Å². The number of carbonyl (C=O) groups is 1. The lowest BCUT2D eigenvalue weighted by Gasteiger charge is -2.17. The number of likely N-dealkylation sites (tertiary alicyclic amines) is 1. The van der Waals surface area contributed by atoms with Gasteiger partial charge in [0, 0.05) is 19.1 Å². The van der Waals surface area contributed by atoms with Gasteiger partial charge in [0.05, 0.1) is 12.0 Å². The highest BCUT2D eigenvalue weighted by atomic mass is 19.4. The summed E-state index contributed by atoms with van der Waals surface area (Å²) in [4.78, 5) is 14.0. The lowest BCUT2D eigenvalue weighted by Crippen LogP contribution is -2.34. The number of alkyl halides is 3. The third kappa shape index (κ3) is 3.05. The summed E-state index contributed by atoms with van der Waals surface area (Å²) < 4.78 is 37.4. The molecule has 1 N–H and O–H groups in total. The molecule has 0 spiro atoms. The maximum atomic E-state index is 12.5. The second kappa shape index (κ2) is 5.33. The second-order valence-electron chi connectivity index (χ2n) is 5.78. The number of benzene rings is 1. The first kappa shape index (κ1) is 14.4. The normalized spacial score (nSPS) is 25.2. The van der Waals surface area contributed by atoms with Gasteiger partial charge in [-0.2, -0.15) is 13.2 Å². The molecule has 2 atom stereocenters. The number of carbonyl (C=O) groups excluding carboxylic acids is 1. The Hall–Kier alpha value is -1.56. The molecule has 2 fully saturated rings. The maximum absolute atomic E-state index is 12.5. The van der Waals surface area contributed by atoms with E-state index in [0.29, 0.717) is 24.1 Å². The molecule has 114 valence electrons. The van der Waals surface area contributed by atoms with Crippen LogP contribution in [0.3, 0.4) is 0 Å². The molecule has 1 amide bonds. The quantitative estimate of drug-likeness (QED) is 0.906. The Labute approximate surface area is 121 Å². The lowest BCUT2D eigenvalue weighted by atomic mass is 10.1. The van der Waals surface area contributed by atoms with Crippen molar-refractivity contribution in [2.24, 2.45) is 5.92 Å². The number of fused-ring (bicyclic) bond motifs is 1. The number of hydrogen-bond acceptors (Lipinski definition) is 2. The Kier molecular flexibility index (Phi) is 3.65. The number of nitrogens with one attached hydrogen (secondary N) is 1. The molecule has 3 rings (SSSR count). The summed E-state index contributed by atoms with van der Waals surface area (Å²) in [6.07, 6.45) is -3.08. The fourth-order valence-electron chi connectivity index (χ4n) is 3.15. The molecule has 2 aliphatic heterocycles. The highest BCUT2D eigenvalue weighted by Crippen LogP contribution is 2.29. The summed E-state index contributed by atoms with van der Waals surface area (Å²) in [5, 5.41) is 3.37. The van der Waals surface area contributed by atoms with Crippen LogP contribution in [-0.2, 0) is 17.4 Å². The van der Waals surface area contributed by atoms with E-state index in [1.54, 1.807) is 0 Å². The molecule has 0 unspecified atom stereocenters. The van der Waals surface area contributed by atoms with E-state index in [-0.39, 0.29) is 12.3 Å². The number of amides is 1. The molecule has 2 aliphatic rings. The predicted molar refractivity (Wildman–Crippen MR) is 71.6 cm³/mol. The zero-order chi connectivity index (χ0) is 15.0. The van der Waals surface area contributed by atoms with E-state index < -0.39 is 11.7 Å². The first-order valence-corrected chi connectivity index (χ1v) is 7.11. The van der Waals surface area contributed by atoms with Crippen LogP contribution in [0.2, 0.25) is 0 Å². The topological polar surface area (TPSA) is 32.3 Å². The van der Waals surface area contributed by atoms with Crippen LogP contribution in [0.1, 0.15) is 17.5 Å². The average molecular weight is 298 g/mol. The zero-order valence-electron chi connectivity index (χ0n) is 11.5. The smallest absolute Gasteiger partial charge is 0.340 e.